The molecule has 1 aromatic carbocycles. The molecule has 8 heteroatoms. The van der Waals surface area contributed by atoms with Gasteiger partial charge in [0.2, 0.25) is 0 Å². The van der Waals surface area contributed by atoms with Crippen LogP contribution in [0.2, 0.25) is 0 Å². The van der Waals surface area contributed by atoms with Crippen molar-refractivity contribution in [1.82, 2.24) is 0 Å². The van der Waals surface area contributed by atoms with Crippen molar-refractivity contribution in [2.24, 2.45) is 5.92 Å². The smallest absolute Gasteiger partial charge is 0.493 e. The summed E-state index contributed by atoms with van der Waals surface area (Å²) in [5.74, 6) is 0.669. The zero-order chi connectivity index (χ0) is 16.2. The molecule has 0 aliphatic heterocycles. The number of ether oxygens (including phenoxy) is 1. The van der Waals surface area contributed by atoms with Gasteiger partial charge in [-0.25, -0.2) is 0 Å². The SMILES string of the molecule is O=S(=O)(OC1=CC[C@@H](COc2ccccc2)CC1)C(F)(F)F. The van der Waals surface area contributed by atoms with Gasteiger partial charge in [0.1, 0.15) is 11.5 Å². The fourth-order valence-corrected chi connectivity index (χ4v) is 2.54. The average molecular weight is 336 g/mol. The minimum atomic E-state index is -5.57. The highest BCUT2D eigenvalue weighted by Crippen LogP contribution is 2.31. The molecular formula is C14H15F3O4S. The van der Waals surface area contributed by atoms with Gasteiger partial charge >= 0.3 is 15.6 Å². The molecule has 0 heterocycles. The van der Waals surface area contributed by atoms with Gasteiger partial charge in [-0.1, -0.05) is 18.2 Å². The van der Waals surface area contributed by atoms with Crippen LogP contribution in [-0.4, -0.2) is 20.5 Å². The summed E-state index contributed by atoms with van der Waals surface area (Å²) in [6.45, 7) is 0.416. The molecule has 0 amide bonds. The maximum absolute atomic E-state index is 12.2. The van der Waals surface area contributed by atoms with Crippen LogP contribution in [0, 0.1) is 5.92 Å². The maximum atomic E-state index is 12.2. The molecule has 1 aromatic rings. The van der Waals surface area contributed by atoms with E-state index in [-0.39, 0.29) is 18.1 Å². The van der Waals surface area contributed by atoms with Gasteiger partial charge in [0.25, 0.3) is 0 Å². The maximum Gasteiger partial charge on any atom is 0.534 e. The van der Waals surface area contributed by atoms with Crippen LogP contribution in [0.1, 0.15) is 19.3 Å². The second-order valence-electron chi connectivity index (χ2n) is 4.92. The summed E-state index contributed by atoms with van der Waals surface area (Å²) in [6, 6.07) is 9.15. The molecule has 0 saturated heterocycles. The molecule has 0 N–H and O–H groups in total. The Balaban J connectivity index is 1.85. The van der Waals surface area contributed by atoms with Crippen LogP contribution in [0.4, 0.5) is 13.2 Å². The van der Waals surface area contributed by atoms with E-state index in [1.807, 2.05) is 30.3 Å². The van der Waals surface area contributed by atoms with Gasteiger partial charge in [-0.05, 0) is 37.0 Å². The van der Waals surface area contributed by atoms with Crippen molar-refractivity contribution < 1.29 is 30.5 Å². The van der Waals surface area contributed by atoms with Crippen LogP contribution in [-0.2, 0) is 14.3 Å². The normalized spacial score (nSPS) is 19.4. The molecule has 1 atom stereocenters. The van der Waals surface area contributed by atoms with E-state index < -0.39 is 15.6 Å². The van der Waals surface area contributed by atoms with Gasteiger partial charge in [-0.2, -0.15) is 21.6 Å². The Hall–Kier alpha value is -1.70. The summed E-state index contributed by atoms with van der Waals surface area (Å²) < 4.78 is 68.1. The first-order valence-corrected chi connectivity index (χ1v) is 8.06. The molecule has 122 valence electrons. The molecule has 0 unspecified atom stereocenters. The van der Waals surface area contributed by atoms with Crippen LogP contribution in [0.25, 0.3) is 0 Å². The molecule has 0 bridgehead atoms. The van der Waals surface area contributed by atoms with E-state index in [1.54, 1.807) is 0 Å². The van der Waals surface area contributed by atoms with E-state index in [0.717, 1.165) is 0 Å². The lowest BCUT2D eigenvalue weighted by Gasteiger charge is -2.22. The highest BCUT2D eigenvalue weighted by Gasteiger charge is 2.48. The molecule has 0 spiro atoms. The quantitative estimate of drug-likeness (QED) is 0.609. The van der Waals surface area contributed by atoms with Crippen LogP contribution in [0.15, 0.2) is 42.2 Å². The summed E-state index contributed by atoms with van der Waals surface area (Å²) in [6.07, 6.45) is 2.44. The number of allylic oxidation sites excluding steroid dienone is 2. The van der Waals surface area contributed by atoms with Gasteiger partial charge in [0.05, 0.1) is 6.61 Å². The minimum Gasteiger partial charge on any atom is -0.493 e. The summed E-state index contributed by atoms with van der Waals surface area (Å²) in [7, 11) is -5.57. The zero-order valence-corrected chi connectivity index (χ0v) is 12.4. The van der Waals surface area contributed by atoms with Gasteiger partial charge in [0.15, 0.2) is 0 Å². The third-order valence-electron chi connectivity index (χ3n) is 3.21. The predicted octanol–water partition coefficient (Wildman–Crippen LogP) is 3.62. The third-order valence-corrected chi connectivity index (χ3v) is 4.21. The summed E-state index contributed by atoms with van der Waals surface area (Å²) in [4.78, 5) is 0. The Labute approximate surface area is 126 Å². The Morgan fingerprint density at radius 1 is 1.18 bits per heavy atom. The summed E-state index contributed by atoms with van der Waals surface area (Å²) >= 11 is 0. The highest BCUT2D eigenvalue weighted by molar-refractivity contribution is 7.87. The Morgan fingerprint density at radius 2 is 1.86 bits per heavy atom. The summed E-state index contributed by atoms with van der Waals surface area (Å²) in [5, 5.41) is 0. The van der Waals surface area contributed by atoms with Gasteiger partial charge in [0, 0.05) is 6.42 Å². The van der Waals surface area contributed by atoms with E-state index in [1.165, 1.54) is 6.08 Å². The van der Waals surface area contributed by atoms with Crippen LogP contribution in [0.3, 0.4) is 0 Å². The van der Waals surface area contributed by atoms with Crippen molar-refractivity contribution in [3.63, 3.8) is 0 Å². The standard InChI is InChI=1S/C14H15F3O4S/c15-14(16,17)22(18,19)21-13-8-6-11(7-9-13)10-20-12-4-2-1-3-5-12/h1-5,8,11H,6-7,9-10H2/t11-/m1/s1. The van der Waals surface area contributed by atoms with Crippen molar-refractivity contribution in [2.75, 3.05) is 6.61 Å². The van der Waals surface area contributed by atoms with Gasteiger partial charge in [-0.15, -0.1) is 0 Å². The van der Waals surface area contributed by atoms with Gasteiger partial charge < -0.3 is 8.92 Å². The molecule has 4 nitrogen and oxygen atoms in total. The molecule has 0 fully saturated rings. The van der Waals surface area contributed by atoms with E-state index in [0.29, 0.717) is 25.2 Å². The van der Waals surface area contributed by atoms with Crippen LogP contribution >= 0.6 is 0 Å². The number of hydrogen-bond donors (Lipinski definition) is 0. The van der Waals surface area contributed by atoms with Crippen molar-refractivity contribution in [3.05, 3.63) is 42.2 Å². The number of benzene rings is 1. The molecule has 0 saturated carbocycles. The lowest BCUT2D eigenvalue weighted by molar-refractivity contribution is -0.0524. The Kier molecular flexibility index (Phi) is 5.00. The Morgan fingerprint density at radius 3 is 2.41 bits per heavy atom. The Bertz CT molecular complexity index is 623. The highest BCUT2D eigenvalue weighted by atomic mass is 32.2. The fourth-order valence-electron chi connectivity index (χ4n) is 2.01. The molecule has 0 aromatic heterocycles. The van der Waals surface area contributed by atoms with E-state index in [9.17, 15) is 21.6 Å². The van der Waals surface area contributed by atoms with Crippen LogP contribution < -0.4 is 4.74 Å². The van der Waals surface area contributed by atoms with Crippen molar-refractivity contribution in [1.29, 1.82) is 0 Å². The lowest BCUT2D eigenvalue weighted by atomic mass is 9.94. The fraction of sp³-hybridized carbons (Fsp3) is 0.429. The predicted molar refractivity (Wildman–Crippen MR) is 73.4 cm³/mol. The van der Waals surface area contributed by atoms with Crippen molar-refractivity contribution >= 4 is 10.1 Å². The first-order valence-electron chi connectivity index (χ1n) is 6.65. The second kappa shape index (κ2) is 6.60. The van der Waals surface area contributed by atoms with E-state index in [4.69, 9.17) is 4.74 Å². The first-order chi connectivity index (χ1) is 10.3. The zero-order valence-electron chi connectivity index (χ0n) is 11.5. The number of alkyl halides is 3. The van der Waals surface area contributed by atoms with Crippen LogP contribution in [0.5, 0.6) is 5.75 Å². The van der Waals surface area contributed by atoms with E-state index in [2.05, 4.69) is 4.18 Å². The average Bonchev–Trinajstić information content (AvgIpc) is 2.46. The molecular weight excluding hydrogens is 321 g/mol. The first kappa shape index (κ1) is 16.7. The minimum absolute atomic E-state index is 0.112. The van der Waals surface area contributed by atoms with Crippen molar-refractivity contribution in [3.8, 4) is 5.75 Å². The molecule has 22 heavy (non-hydrogen) atoms. The molecule has 0 radical (unpaired) electrons. The third kappa shape index (κ3) is 4.40. The topological polar surface area (TPSA) is 52.6 Å². The van der Waals surface area contributed by atoms with Crippen molar-refractivity contribution in [2.45, 2.75) is 24.8 Å². The molecule has 1 aliphatic carbocycles. The number of para-hydroxylation sites is 1. The van der Waals surface area contributed by atoms with Gasteiger partial charge in [-0.3, -0.25) is 0 Å². The monoisotopic (exact) mass is 336 g/mol. The number of halogens is 3. The largest absolute Gasteiger partial charge is 0.534 e. The van der Waals surface area contributed by atoms with E-state index >= 15 is 0 Å². The second-order valence-corrected chi connectivity index (χ2v) is 6.46. The number of rotatable bonds is 5. The molecule has 2 rings (SSSR count). The molecule has 1 aliphatic rings. The lowest BCUT2D eigenvalue weighted by Crippen LogP contribution is -2.26. The summed E-state index contributed by atoms with van der Waals surface area (Å²) in [5.41, 5.74) is -5.40. The number of hydrogen-bond acceptors (Lipinski definition) is 4.